The van der Waals surface area contributed by atoms with Crippen LogP contribution in [0.2, 0.25) is 0 Å². The maximum atomic E-state index is 10.4. The van der Waals surface area contributed by atoms with Gasteiger partial charge in [-0.2, -0.15) is 0 Å². The van der Waals surface area contributed by atoms with Crippen molar-refractivity contribution in [2.75, 3.05) is 0 Å². The van der Waals surface area contributed by atoms with Gasteiger partial charge < -0.3 is 10.2 Å². The second-order valence-electron chi connectivity index (χ2n) is 2.60. The number of carboxylic acid groups (broad SMARTS) is 2. The standard InChI is InChI=1S/C8H6O4.C3H6/c9-7(10)5-2-1-3-6(4-5)8(11)12;1-3-2/h1-4H,(H,9,10)(H,11,12);3H,1H2,2H3. The van der Waals surface area contributed by atoms with E-state index in [-0.39, 0.29) is 11.1 Å². The summed E-state index contributed by atoms with van der Waals surface area (Å²) in [6.07, 6.45) is 1.75. The molecule has 0 aromatic heterocycles. The Labute approximate surface area is 87.5 Å². The highest BCUT2D eigenvalue weighted by Crippen LogP contribution is 2.04. The Morgan fingerprint density at radius 1 is 1.20 bits per heavy atom. The summed E-state index contributed by atoms with van der Waals surface area (Å²) in [6, 6.07) is 5.20. The molecule has 0 radical (unpaired) electrons. The Balaban J connectivity index is 0.000000583. The minimum Gasteiger partial charge on any atom is -0.478 e. The van der Waals surface area contributed by atoms with E-state index in [1.165, 1.54) is 18.2 Å². The van der Waals surface area contributed by atoms with Crippen LogP contribution in [-0.4, -0.2) is 22.2 Å². The molecule has 80 valence electrons. The molecule has 0 aliphatic carbocycles. The number of carboxylic acids is 2. The molecule has 0 unspecified atom stereocenters. The van der Waals surface area contributed by atoms with Gasteiger partial charge in [-0.25, -0.2) is 9.59 Å². The SMILES string of the molecule is C=CC.O=C(O)c1cccc(C(=O)O)c1. The Morgan fingerprint density at radius 2 is 1.53 bits per heavy atom. The van der Waals surface area contributed by atoms with Gasteiger partial charge in [0.25, 0.3) is 0 Å². The molecule has 1 rings (SSSR count). The van der Waals surface area contributed by atoms with Crippen molar-refractivity contribution < 1.29 is 19.8 Å². The van der Waals surface area contributed by atoms with Crippen molar-refractivity contribution in [2.45, 2.75) is 6.92 Å². The molecule has 0 amide bonds. The monoisotopic (exact) mass is 208 g/mol. The van der Waals surface area contributed by atoms with Gasteiger partial charge >= 0.3 is 11.9 Å². The normalized spacial score (nSPS) is 8.33. The van der Waals surface area contributed by atoms with Crippen molar-refractivity contribution in [2.24, 2.45) is 0 Å². The number of hydrogen-bond donors (Lipinski definition) is 2. The highest BCUT2D eigenvalue weighted by Gasteiger charge is 2.06. The van der Waals surface area contributed by atoms with Gasteiger partial charge in [0, 0.05) is 0 Å². The van der Waals surface area contributed by atoms with Crippen LogP contribution in [-0.2, 0) is 0 Å². The summed E-state index contributed by atoms with van der Waals surface area (Å²) in [5.74, 6) is -2.25. The van der Waals surface area contributed by atoms with Crippen LogP contribution in [0.1, 0.15) is 27.6 Å². The smallest absolute Gasteiger partial charge is 0.335 e. The fourth-order valence-corrected chi connectivity index (χ4v) is 0.785. The van der Waals surface area contributed by atoms with E-state index >= 15 is 0 Å². The summed E-state index contributed by atoms with van der Waals surface area (Å²) >= 11 is 0. The first-order valence-electron chi connectivity index (χ1n) is 4.16. The van der Waals surface area contributed by atoms with E-state index in [0.717, 1.165) is 6.07 Å². The van der Waals surface area contributed by atoms with Gasteiger partial charge in [-0.05, 0) is 25.1 Å². The highest BCUT2D eigenvalue weighted by atomic mass is 16.4. The largest absolute Gasteiger partial charge is 0.478 e. The lowest BCUT2D eigenvalue weighted by molar-refractivity contribution is 0.0696. The molecule has 15 heavy (non-hydrogen) atoms. The van der Waals surface area contributed by atoms with Crippen LogP contribution in [0.25, 0.3) is 0 Å². The molecule has 1 aromatic carbocycles. The summed E-state index contributed by atoms with van der Waals surface area (Å²) in [5, 5.41) is 17.0. The van der Waals surface area contributed by atoms with Gasteiger partial charge in [0.05, 0.1) is 11.1 Å². The van der Waals surface area contributed by atoms with E-state index in [4.69, 9.17) is 10.2 Å². The molecule has 0 atom stereocenters. The Hall–Kier alpha value is -2.10. The average Bonchev–Trinajstić information content (AvgIpc) is 2.19. The molecule has 0 heterocycles. The molecule has 0 saturated carbocycles. The first-order valence-corrected chi connectivity index (χ1v) is 4.16. The van der Waals surface area contributed by atoms with Crippen LogP contribution >= 0.6 is 0 Å². The molecule has 1 aromatic rings. The third-order valence-electron chi connectivity index (χ3n) is 1.36. The van der Waals surface area contributed by atoms with Crippen molar-refractivity contribution in [3.63, 3.8) is 0 Å². The van der Waals surface area contributed by atoms with Crippen LogP contribution in [0.4, 0.5) is 0 Å². The number of aromatic carboxylic acids is 2. The molecule has 4 heteroatoms. The number of carbonyl (C=O) groups is 2. The van der Waals surface area contributed by atoms with Crippen molar-refractivity contribution in [3.05, 3.63) is 48.0 Å². The topological polar surface area (TPSA) is 74.6 Å². The lowest BCUT2D eigenvalue weighted by Crippen LogP contribution is -2.01. The summed E-state index contributed by atoms with van der Waals surface area (Å²) < 4.78 is 0. The molecular formula is C11H12O4. The molecule has 0 aliphatic heterocycles. The third kappa shape index (κ3) is 4.61. The Morgan fingerprint density at radius 3 is 1.80 bits per heavy atom. The minimum absolute atomic E-state index is 0.0186. The maximum absolute atomic E-state index is 10.4. The Kier molecular flexibility index (Phi) is 5.48. The number of benzene rings is 1. The van der Waals surface area contributed by atoms with Gasteiger partial charge in [-0.3, -0.25) is 0 Å². The molecular weight excluding hydrogens is 196 g/mol. The fourth-order valence-electron chi connectivity index (χ4n) is 0.785. The molecule has 0 fully saturated rings. The van der Waals surface area contributed by atoms with Gasteiger partial charge in [0.15, 0.2) is 0 Å². The molecule has 2 N–H and O–H groups in total. The second-order valence-corrected chi connectivity index (χ2v) is 2.60. The van der Waals surface area contributed by atoms with Crippen LogP contribution in [0.3, 0.4) is 0 Å². The summed E-state index contributed by atoms with van der Waals surface area (Å²) in [7, 11) is 0. The zero-order chi connectivity index (χ0) is 11.8. The van der Waals surface area contributed by atoms with E-state index in [9.17, 15) is 9.59 Å². The minimum atomic E-state index is -1.13. The summed E-state index contributed by atoms with van der Waals surface area (Å²) in [4.78, 5) is 20.8. The number of allylic oxidation sites excluding steroid dienone is 1. The van der Waals surface area contributed by atoms with Crippen LogP contribution in [0.15, 0.2) is 36.9 Å². The molecule has 4 nitrogen and oxygen atoms in total. The van der Waals surface area contributed by atoms with E-state index in [2.05, 4.69) is 6.58 Å². The lowest BCUT2D eigenvalue weighted by atomic mass is 10.1. The van der Waals surface area contributed by atoms with E-state index < -0.39 is 11.9 Å². The quantitative estimate of drug-likeness (QED) is 0.731. The molecule has 0 aliphatic rings. The van der Waals surface area contributed by atoms with E-state index in [0.29, 0.717) is 0 Å². The zero-order valence-electron chi connectivity index (χ0n) is 8.30. The fraction of sp³-hybridized carbons (Fsp3) is 0.0909. The number of hydrogen-bond acceptors (Lipinski definition) is 2. The lowest BCUT2D eigenvalue weighted by Gasteiger charge is -1.95. The van der Waals surface area contributed by atoms with Gasteiger partial charge in [0.1, 0.15) is 0 Å². The maximum Gasteiger partial charge on any atom is 0.335 e. The van der Waals surface area contributed by atoms with Gasteiger partial charge in [-0.1, -0.05) is 12.1 Å². The van der Waals surface area contributed by atoms with Crippen molar-refractivity contribution in [1.29, 1.82) is 0 Å². The van der Waals surface area contributed by atoms with Crippen molar-refractivity contribution in [1.82, 2.24) is 0 Å². The van der Waals surface area contributed by atoms with Gasteiger partial charge in [0.2, 0.25) is 0 Å². The first kappa shape index (κ1) is 12.9. The van der Waals surface area contributed by atoms with E-state index in [1.54, 1.807) is 6.08 Å². The highest BCUT2D eigenvalue weighted by molar-refractivity contribution is 5.93. The third-order valence-corrected chi connectivity index (χ3v) is 1.36. The predicted octanol–water partition coefficient (Wildman–Crippen LogP) is 2.28. The average molecular weight is 208 g/mol. The Bertz CT molecular complexity index is 339. The van der Waals surface area contributed by atoms with E-state index in [1.807, 2.05) is 6.92 Å². The van der Waals surface area contributed by atoms with Crippen molar-refractivity contribution >= 4 is 11.9 Å². The predicted molar refractivity (Wildman–Crippen MR) is 56.2 cm³/mol. The first-order chi connectivity index (χ1) is 7.02. The van der Waals surface area contributed by atoms with Crippen LogP contribution in [0.5, 0.6) is 0 Å². The van der Waals surface area contributed by atoms with Crippen LogP contribution in [0, 0.1) is 0 Å². The molecule has 0 bridgehead atoms. The zero-order valence-corrected chi connectivity index (χ0v) is 8.30. The molecule has 0 spiro atoms. The molecule has 0 saturated heterocycles. The summed E-state index contributed by atoms with van der Waals surface area (Å²) in [6.45, 7) is 5.25. The number of rotatable bonds is 2. The summed E-state index contributed by atoms with van der Waals surface area (Å²) in [5.41, 5.74) is -0.0372. The van der Waals surface area contributed by atoms with Gasteiger partial charge in [-0.15, -0.1) is 6.58 Å². The van der Waals surface area contributed by atoms with Crippen LogP contribution < -0.4 is 0 Å². The second kappa shape index (κ2) is 6.37. The van der Waals surface area contributed by atoms with Crippen molar-refractivity contribution in [3.8, 4) is 0 Å².